The van der Waals surface area contributed by atoms with Crippen molar-refractivity contribution in [3.05, 3.63) is 143 Å². The van der Waals surface area contributed by atoms with E-state index in [1.807, 2.05) is 74.5 Å². The van der Waals surface area contributed by atoms with Crippen LogP contribution < -0.4 is 10.6 Å². The summed E-state index contributed by atoms with van der Waals surface area (Å²) >= 11 is 0. The lowest BCUT2D eigenvalue weighted by atomic mass is 10.0. The van der Waals surface area contributed by atoms with E-state index in [1.54, 1.807) is 24.3 Å². The molecule has 0 aliphatic rings. The van der Waals surface area contributed by atoms with Gasteiger partial charge in [0.25, 0.3) is 11.8 Å². The topological polar surface area (TPSA) is 133 Å². The summed E-state index contributed by atoms with van der Waals surface area (Å²) in [5.41, 5.74) is 2.28. The van der Waals surface area contributed by atoms with Crippen molar-refractivity contribution in [2.45, 2.75) is 25.9 Å². The lowest BCUT2D eigenvalue weighted by molar-refractivity contribution is 0.0682. The van der Waals surface area contributed by atoms with Crippen molar-refractivity contribution in [3.8, 4) is 0 Å². The molecule has 0 radical (unpaired) electrons. The van der Waals surface area contributed by atoms with Crippen LogP contribution in [-0.2, 0) is 0 Å². The number of carboxylic acid groups (broad SMARTS) is 2. The Morgan fingerprint density at radius 1 is 0.475 bits per heavy atom. The quantitative estimate of drug-likeness (QED) is 0.226. The van der Waals surface area contributed by atoms with E-state index in [2.05, 4.69) is 10.6 Å². The number of carbonyl (C=O) groups is 4. The van der Waals surface area contributed by atoms with Crippen molar-refractivity contribution in [2.75, 3.05) is 0 Å². The fourth-order valence-corrected chi connectivity index (χ4v) is 3.93. The summed E-state index contributed by atoms with van der Waals surface area (Å²) in [6.45, 7) is 3.72. The summed E-state index contributed by atoms with van der Waals surface area (Å²) in [7, 11) is 0. The number of rotatable bonds is 8. The average Bonchev–Trinajstić information content (AvgIpc) is 2.98. The lowest BCUT2D eigenvalue weighted by Gasteiger charge is -2.15. The molecule has 4 aromatic carbocycles. The van der Waals surface area contributed by atoms with Crippen LogP contribution in [0.25, 0.3) is 0 Å². The number of aromatic carboxylic acids is 2. The lowest BCUT2D eigenvalue weighted by Crippen LogP contribution is -2.28. The maximum atomic E-state index is 12.2. The molecule has 0 fully saturated rings. The monoisotopic (exact) mass is 538 g/mol. The van der Waals surface area contributed by atoms with Gasteiger partial charge in [0.05, 0.1) is 34.3 Å². The summed E-state index contributed by atoms with van der Waals surface area (Å²) in [6.07, 6.45) is 0. The zero-order chi connectivity index (χ0) is 29.1. The van der Waals surface area contributed by atoms with Crippen LogP contribution in [-0.4, -0.2) is 34.0 Å². The van der Waals surface area contributed by atoms with Gasteiger partial charge in [-0.2, -0.15) is 0 Å². The van der Waals surface area contributed by atoms with E-state index in [0.717, 1.165) is 11.1 Å². The van der Waals surface area contributed by atoms with Crippen LogP contribution in [0, 0.1) is 0 Å². The van der Waals surface area contributed by atoms with Crippen LogP contribution in [0.1, 0.15) is 78.5 Å². The largest absolute Gasteiger partial charge is 0.478 e. The zero-order valence-electron chi connectivity index (χ0n) is 22.1. The Morgan fingerprint density at radius 2 is 0.750 bits per heavy atom. The molecule has 0 spiro atoms. The molecule has 2 amide bonds. The van der Waals surface area contributed by atoms with Gasteiger partial charge in [-0.1, -0.05) is 84.9 Å². The van der Waals surface area contributed by atoms with E-state index >= 15 is 0 Å². The molecule has 0 aliphatic carbocycles. The van der Waals surface area contributed by atoms with Gasteiger partial charge in [0.2, 0.25) is 0 Å². The maximum absolute atomic E-state index is 12.2. The van der Waals surface area contributed by atoms with Gasteiger partial charge in [0, 0.05) is 0 Å². The van der Waals surface area contributed by atoms with Crippen LogP contribution in [0.3, 0.4) is 0 Å². The van der Waals surface area contributed by atoms with Crippen molar-refractivity contribution >= 4 is 23.8 Å². The van der Waals surface area contributed by atoms with E-state index < -0.39 is 11.9 Å². The van der Waals surface area contributed by atoms with Gasteiger partial charge in [-0.25, -0.2) is 9.59 Å². The predicted octanol–water partition coefficient (Wildman–Crippen LogP) is 5.75. The highest BCUT2D eigenvalue weighted by atomic mass is 16.4. The van der Waals surface area contributed by atoms with Crippen LogP contribution >= 0.6 is 0 Å². The summed E-state index contributed by atoms with van der Waals surface area (Å²) in [5, 5.41) is 23.8. The average molecular weight is 539 g/mol. The molecule has 40 heavy (non-hydrogen) atoms. The van der Waals surface area contributed by atoms with Gasteiger partial charge in [0.1, 0.15) is 0 Å². The highest BCUT2D eigenvalue weighted by Gasteiger charge is 2.19. The minimum Gasteiger partial charge on any atom is -0.478 e. The van der Waals surface area contributed by atoms with E-state index in [9.17, 15) is 19.2 Å². The molecule has 8 heteroatoms. The van der Waals surface area contributed by atoms with Crippen LogP contribution in [0.4, 0.5) is 0 Å². The Morgan fingerprint density at radius 3 is 1.05 bits per heavy atom. The predicted molar refractivity (Wildman–Crippen MR) is 151 cm³/mol. The Balaban J connectivity index is 0.000000220. The summed E-state index contributed by atoms with van der Waals surface area (Å²) in [6, 6.07) is 31.0. The molecule has 0 bridgehead atoms. The normalized spacial score (nSPS) is 11.7. The second-order valence-electron chi connectivity index (χ2n) is 8.91. The number of amides is 2. The molecule has 2 atom stereocenters. The molecule has 8 nitrogen and oxygen atoms in total. The second kappa shape index (κ2) is 14.1. The number of hydrogen-bond donors (Lipinski definition) is 4. The van der Waals surface area contributed by atoms with Crippen molar-refractivity contribution < 1.29 is 29.4 Å². The Hall–Kier alpha value is -5.24. The molecular formula is C32H30N2O6. The van der Waals surface area contributed by atoms with Crippen LogP contribution in [0.5, 0.6) is 0 Å². The van der Waals surface area contributed by atoms with E-state index in [0.29, 0.717) is 0 Å². The molecule has 0 heterocycles. The van der Waals surface area contributed by atoms with Gasteiger partial charge in [-0.05, 0) is 49.2 Å². The van der Waals surface area contributed by atoms with Gasteiger partial charge in [-0.3, -0.25) is 9.59 Å². The molecule has 204 valence electrons. The highest BCUT2D eigenvalue weighted by Crippen LogP contribution is 2.16. The number of hydrogen-bond acceptors (Lipinski definition) is 4. The fourth-order valence-electron chi connectivity index (χ4n) is 3.93. The molecule has 4 aromatic rings. The van der Waals surface area contributed by atoms with Gasteiger partial charge in [-0.15, -0.1) is 0 Å². The molecule has 0 saturated heterocycles. The second-order valence-corrected chi connectivity index (χ2v) is 8.91. The van der Waals surface area contributed by atoms with Crippen LogP contribution in [0.15, 0.2) is 109 Å². The first-order chi connectivity index (χ1) is 19.2. The van der Waals surface area contributed by atoms with Crippen molar-refractivity contribution in [2.24, 2.45) is 0 Å². The van der Waals surface area contributed by atoms with Crippen LogP contribution in [0.2, 0.25) is 0 Å². The summed E-state index contributed by atoms with van der Waals surface area (Å²) in [5.74, 6) is -3.00. The Kier molecular flexibility index (Phi) is 10.3. The summed E-state index contributed by atoms with van der Waals surface area (Å²) < 4.78 is 0. The third-order valence-corrected chi connectivity index (χ3v) is 6.10. The molecule has 0 aromatic heterocycles. The van der Waals surface area contributed by atoms with Gasteiger partial charge >= 0.3 is 11.9 Å². The number of nitrogens with one attached hydrogen (secondary N) is 2. The van der Waals surface area contributed by atoms with Crippen molar-refractivity contribution in [3.63, 3.8) is 0 Å². The van der Waals surface area contributed by atoms with Crippen molar-refractivity contribution in [1.82, 2.24) is 10.6 Å². The van der Waals surface area contributed by atoms with Gasteiger partial charge < -0.3 is 20.8 Å². The zero-order valence-corrected chi connectivity index (χ0v) is 22.1. The fraction of sp³-hybridized carbons (Fsp3) is 0.125. The first-order valence-electron chi connectivity index (χ1n) is 12.5. The molecule has 0 aliphatic heterocycles. The first kappa shape index (κ1) is 29.3. The van der Waals surface area contributed by atoms with Crippen molar-refractivity contribution in [1.29, 1.82) is 0 Å². The smallest absolute Gasteiger partial charge is 0.336 e. The Labute approximate surface area is 232 Å². The Bertz CT molecular complexity index is 1360. The maximum Gasteiger partial charge on any atom is 0.336 e. The molecular weight excluding hydrogens is 508 g/mol. The SMILES string of the molecule is C[C@@H](NC(=O)c1ccccc1C(=O)O)c1ccccc1.C[C@@H](NC(=O)c1ccccc1C(=O)O)c1ccccc1. The third-order valence-electron chi connectivity index (χ3n) is 6.10. The molecule has 0 saturated carbocycles. The molecule has 0 unspecified atom stereocenters. The minimum atomic E-state index is -1.11. The first-order valence-corrected chi connectivity index (χ1v) is 12.5. The minimum absolute atomic E-state index is 0.00487. The standard InChI is InChI=1S/2C16H15NO3/c2*1-11(12-7-3-2-4-8-12)17-15(18)13-9-5-6-10-14(13)16(19)20/h2*2-11H,1H3,(H,17,18)(H,19,20)/t2*11-/m11/s1. The molecule has 4 rings (SSSR count). The number of benzene rings is 4. The van der Waals surface area contributed by atoms with E-state index in [4.69, 9.17) is 10.2 Å². The number of carbonyl (C=O) groups excluding carboxylic acids is 2. The van der Waals surface area contributed by atoms with E-state index in [1.165, 1.54) is 24.3 Å². The summed E-state index contributed by atoms with van der Waals surface area (Å²) in [4.78, 5) is 46.6. The highest BCUT2D eigenvalue weighted by molar-refractivity contribution is 6.05. The van der Waals surface area contributed by atoms with Gasteiger partial charge in [0.15, 0.2) is 0 Å². The number of carboxylic acids is 2. The third kappa shape index (κ3) is 7.88. The molecule has 4 N–H and O–H groups in total. The van der Waals surface area contributed by atoms with E-state index in [-0.39, 0.29) is 46.2 Å².